The Balaban J connectivity index is 2.19. The summed E-state index contributed by atoms with van der Waals surface area (Å²) in [5.74, 6) is -0.129. The van der Waals surface area contributed by atoms with Crippen LogP contribution >= 0.6 is 11.6 Å². The van der Waals surface area contributed by atoms with Gasteiger partial charge < -0.3 is 10.2 Å². The summed E-state index contributed by atoms with van der Waals surface area (Å²) in [6, 6.07) is 9.78. The molecule has 0 amide bonds. The molecule has 0 aliphatic rings. The summed E-state index contributed by atoms with van der Waals surface area (Å²) in [6.45, 7) is 0. The Hall–Kier alpha value is -2.07. The normalized spacial score (nSPS) is 11.0. The number of oxazole rings is 1. The monoisotopic (exact) mass is 262 g/mol. The van der Waals surface area contributed by atoms with Gasteiger partial charge in [-0.05, 0) is 18.2 Å². The molecule has 2 aromatic carbocycles. The van der Waals surface area contributed by atoms with Gasteiger partial charge in [-0.15, -0.1) is 0 Å². The van der Waals surface area contributed by atoms with Crippen LogP contribution in [0, 0.1) is 5.82 Å². The molecule has 0 aliphatic carbocycles. The average Bonchev–Trinajstić information content (AvgIpc) is 2.73. The molecule has 0 spiro atoms. The van der Waals surface area contributed by atoms with Crippen LogP contribution in [0.15, 0.2) is 40.8 Å². The molecule has 2 N–H and O–H groups in total. The van der Waals surface area contributed by atoms with Crippen LogP contribution in [-0.4, -0.2) is 4.98 Å². The van der Waals surface area contributed by atoms with E-state index in [9.17, 15) is 4.39 Å². The maximum atomic E-state index is 13.3. The number of anilines is 1. The Kier molecular flexibility index (Phi) is 2.45. The molecule has 1 aromatic heterocycles. The quantitative estimate of drug-likeness (QED) is 0.677. The second-order valence-corrected chi connectivity index (χ2v) is 4.29. The van der Waals surface area contributed by atoms with Gasteiger partial charge in [0.05, 0.1) is 5.02 Å². The number of halogens is 2. The first-order valence-corrected chi connectivity index (χ1v) is 5.63. The van der Waals surface area contributed by atoms with Crippen LogP contribution in [0.5, 0.6) is 0 Å². The van der Waals surface area contributed by atoms with E-state index < -0.39 is 5.82 Å². The van der Waals surface area contributed by atoms with Crippen LogP contribution < -0.4 is 5.73 Å². The lowest BCUT2D eigenvalue weighted by Crippen LogP contribution is -1.84. The molecule has 3 aromatic rings. The molecule has 18 heavy (non-hydrogen) atoms. The fourth-order valence-corrected chi connectivity index (χ4v) is 1.87. The van der Waals surface area contributed by atoms with Crippen LogP contribution in [0.3, 0.4) is 0 Å². The summed E-state index contributed by atoms with van der Waals surface area (Å²) < 4.78 is 18.8. The number of hydrogen-bond donors (Lipinski definition) is 1. The molecule has 1 heterocycles. The predicted molar refractivity (Wildman–Crippen MR) is 68.8 cm³/mol. The zero-order valence-corrected chi connectivity index (χ0v) is 9.91. The smallest absolute Gasteiger partial charge is 0.227 e. The summed E-state index contributed by atoms with van der Waals surface area (Å²) >= 11 is 5.69. The Morgan fingerprint density at radius 1 is 1.22 bits per heavy atom. The molecule has 0 saturated carbocycles. The molecular formula is C13H8ClFN2O. The van der Waals surface area contributed by atoms with Gasteiger partial charge in [0.15, 0.2) is 5.58 Å². The molecule has 0 fully saturated rings. The summed E-state index contributed by atoms with van der Waals surface area (Å²) in [5.41, 5.74) is 7.91. The first kappa shape index (κ1) is 11.0. The van der Waals surface area contributed by atoms with E-state index in [1.807, 2.05) is 6.07 Å². The minimum Gasteiger partial charge on any atom is -0.436 e. The molecule has 90 valence electrons. The zero-order chi connectivity index (χ0) is 12.7. The van der Waals surface area contributed by atoms with E-state index in [0.717, 1.165) is 5.56 Å². The summed E-state index contributed by atoms with van der Waals surface area (Å²) in [7, 11) is 0. The van der Waals surface area contributed by atoms with Crippen LogP contribution in [0.2, 0.25) is 5.02 Å². The Morgan fingerprint density at radius 2 is 2.06 bits per heavy atom. The van der Waals surface area contributed by atoms with Crippen LogP contribution in [0.25, 0.3) is 22.6 Å². The van der Waals surface area contributed by atoms with Gasteiger partial charge in [-0.3, -0.25) is 0 Å². The number of nitrogen functional groups attached to an aromatic ring is 1. The highest BCUT2D eigenvalue weighted by molar-refractivity contribution is 6.31. The number of nitrogens with zero attached hydrogens (tertiary/aromatic N) is 1. The third-order valence-electron chi connectivity index (χ3n) is 2.56. The van der Waals surface area contributed by atoms with Crippen molar-refractivity contribution in [2.45, 2.75) is 0 Å². The maximum Gasteiger partial charge on any atom is 0.227 e. The van der Waals surface area contributed by atoms with E-state index in [4.69, 9.17) is 21.8 Å². The molecule has 5 heteroatoms. The Bertz CT molecular complexity index is 700. The summed E-state index contributed by atoms with van der Waals surface area (Å²) in [6.07, 6.45) is 0. The largest absolute Gasteiger partial charge is 0.436 e. The predicted octanol–water partition coefficient (Wildman–Crippen LogP) is 3.87. The van der Waals surface area contributed by atoms with Crippen molar-refractivity contribution in [2.24, 2.45) is 0 Å². The Labute approximate surface area is 107 Å². The number of aromatic nitrogens is 1. The summed E-state index contributed by atoms with van der Waals surface area (Å²) in [5, 5.41) is 0.0118. The van der Waals surface area contributed by atoms with E-state index in [1.54, 1.807) is 18.2 Å². The van der Waals surface area contributed by atoms with Crippen molar-refractivity contribution in [3.8, 4) is 11.5 Å². The molecule has 0 unspecified atom stereocenters. The van der Waals surface area contributed by atoms with E-state index in [0.29, 0.717) is 22.7 Å². The fraction of sp³-hybridized carbons (Fsp3) is 0. The highest BCUT2D eigenvalue weighted by atomic mass is 35.5. The van der Waals surface area contributed by atoms with Crippen LogP contribution in [0.4, 0.5) is 10.1 Å². The van der Waals surface area contributed by atoms with Gasteiger partial charge in [0.1, 0.15) is 11.3 Å². The lowest BCUT2D eigenvalue weighted by Gasteiger charge is -1.96. The number of nitrogens with two attached hydrogens (primary N) is 1. The molecule has 0 radical (unpaired) electrons. The topological polar surface area (TPSA) is 52.0 Å². The fourth-order valence-electron chi connectivity index (χ4n) is 1.72. The number of benzene rings is 2. The van der Waals surface area contributed by atoms with Crippen molar-refractivity contribution >= 4 is 28.4 Å². The highest BCUT2D eigenvalue weighted by Gasteiger charge is 2.11. The van der Waals surface area contributed by atoms with Crippen molar-refractivity contribution < 1.29 is 8.81 Å². The second-order valence-electron chi connectivity index (χ2n) is 3.88. The van der Waals surface area contributed by atoms with Crippen molar-refractivity contribution in [3.05, 3.63) is 47.2 Å². The van der Waals surface area contributed by atoms with Gasteiger partial charge in [-0.25, -0.2) is 9.37 Å². The number of rotatable bonds is 1. The molecule has 3 nitrogen and oxygen atoms in total. The van der Waals surface area contributed by atoms with Gasteiger partial charge in [0.25, 0.3) is 0 Å². The third-order valence-corrected chi connectivity index (χ3v) is 2.85. The van der Waals surface area contributed by atoms with Gasteiger partial charge in [-0.2, -0.15) is 0 Å². The Morgan fingerprint density at radius 3 is 2.83 bits per heavy atom. The van der Waals surface area contributed by atoms with Crippen LogP contribution in [0.1, 0.15) is 0 Å². The molecule has 0 aliphatic heterocycles. The van der Waals surface area contributed by atoms with E-state index in [2.05, 4.69) is 4.98 Å². The molecule has 0 atom stereocenters. The SMILES string of the molecule is Nc1cccc(-c2nc3cc(F)c(Cl)cc3o2)c1. The molecular weight excluding hydrogens is 255 g/mol. The standard InChI is InChI=1S/C13H8ClFN2O/c14-9-5-12-11(6-10(9)15)17-13(18-12)7-2-1-3-8(16)4-7/h1-6H,16H2. The molecule has 3 rings (SSSR count). The first-order chi connectivity index (χ1) is 8.63. The van der Waals surface area contributed by atoms with Crippen LogP contribution in [-0.2, 0) is 0 Å². The highest BCUT2D eigenvalue weighted by Crippen LogP contribution is 2.28. The molecule has 0 bridgehead atoms. The van der Waals surface area contributed by atoms with Crippen molar-refractivity contribution in [1.29, 1.82) is 0 Å². The van der Waals surface area contributed by atoms with Crippen molar-refractivity contribution in [2.75, 3.05) is 5.73 Å². The van der Waals surface area contributed by atoms with Gasteiger partial charge in [0.2, 0.25) is 5.89 Å². The first-order valence-electron chi connectivity index (χ1n) is 5.25. The number of hydrogen-bond acceptors (Lipinski definition) is 3. The van der Waals surface area contributed by atoms with E-state index in [1.165, 1.54) is 12.1 Å². The minimum atomic E-state index is -0.517. The zero-order valence-electron chi connectivity index (χ0n) is 9.15. The summed E-state index contributed by atoms with van der Waals surface area (Å²) in [4.78, 5) is 4.21. The van der Waals surface area contributed by atoms with E-state index in [-0.39, 0.29) is 5.02 Å². The second kappa shape index (κ2) is 3.99. The van der Waals surface area contributed by atoms with Gasteiger partial charge in [-0.1, -0.05) is 17.7 Å². The molecule has 0 saturated heterocycles. The lowest BCUT2D eigenvalue weighted by molar-refractivity contribution is 0.614. The van der Waals surface area contributed by atoms with Gasteiger partial charge in [0, 0.05) is 23.4 Å². The number of fused-ring (bicyclic) bond motifs is 1. The lowest BCUT2D eigenvalue weighted by atomic mass is 10.2. The van der Waals surface area contributed by atoms with Crippen molar-refractivity contribution in [1.82, 2.24) is 4.98 Å². The van der Waals surface area contributed by atoms with E-state index >= 15 is 0 Å². The average molecular weight is 263 g/mol. The third kappa shape index (κ3) is 1.80. The van der Waals surface area contributed by atoms with Gasteiger partial charge >= 0.3 is 0 Å². The minimum absolute atomic E-state index is 0.0118. The van der Waals surface area contributed by atoms with Crippen molar-refractivity contribution in [3.63, 3.8) is 0 Å². The maximum absolute atomic E-state index is 13.3.